The summed E-state index contributed by atoms with van der Waals surface area (Å²) in [5.74, 6) is 0.358. The van der Waals surface area contributed by atoms with Crippen LogP contribution in [0.2, 0.25) is 5.02 Å². The van der Waals surface area contributed by atoms with Crippen molar-refractivity contribution in [2.45, 2.75) is 12.6 Å². The Balaban J connectivity index is 2.12. The van der Waals surface area contributed by atoms with E-state index in [1.807, 2.05) is 0 Å². The molecule has 0 unspecified atom stereocenters. The van der Waals surface area contributed by atoms with Crippen molar-refractivity contribution in [3.63, 3.8) is 0 Å². The normalized spacial score (nSPS) is 16.5. The predicted octanol–water partition coefficient (Wildman–Crippen LogP) is 3.07. The second kappa shape index (κ2) is 8.14. The number of hydrogen-bond donors (Lipinski definition) is 0. The zero-order chi connectivity index (χ0) is 18.6. The number of alkyl halides is 3. The zero-order valence-electron chi connectivity index (χ0n) is 14.0. The Bertz CT molecular complexity index is 625. The number of rotatable bonds is 4. The fraction of sp³-hybridized carbons (Fsp3) is 0.562. The first-order valence-electron chi connectivity index (χ1n) is 7.75. The number of nitrogens with zero attached hydrogens (tertiary/aromatic N) is 2. The third-order valence-corrected chi connectivity index (χ3v) is 4.24. The molecule has 0 N–H and O–H groups in total. The maximum Gasteiger partial charge on any atom is 0.401 e. The standard InChI is InChI=1S/C16H20ClF3N2O3/c1-24-13-9-11(8-12(17)14(13)25-2)15(23)22-5-3-4-21(6-7-22)10-16(18,19)20/h8-9H,3-7,10H2,1-2H3. The number of amides is 1. The first-order valence-corrected chi connectivity index (χ1v) is 8.13. The number of methoxy groups -OCH3 is 2. The third kappa shape index (κ3) is 5.15. The van der Waals surface area contributed by atoms with Crippen molar-refractivity contribution in [3.05, 3.63) is 22.7 Å². The maximum atomic E-state index is 12.7. The minimum Gasteiger partial charge on any atom is -0.493 e. The molecule has 1 aliphatic heterocycles. The van der Waals surface area contributed by atoms with Crippen LogP contribution < -0.4 is 9.47 Å². The van der Waals surface area contributed by atoms with Crippen LogP contribution in [0, 0.1) is 0 Å². The molecule has 1 saturated heterocycles. The molecule has 0 radical (unpaired) electrons. The number of carbonyl (C=O) groups excluding carboxylic acids is 1. The van der Waals surface area contributed by atoms with E-state index in [4.69, 9.17) is 21.1 Å². The molecule has 0 aromatic heterocycles. The molecule has 1 aliphatic rings. The van der Waals surface area contributed by atoms with Crippen molar-refractivity contribution in [2.75, 3.05) is 46.9 Å². The lowest BCUT2D eigenvalue weighted by molar-refractivity contribution is -0.145. The van der Waals surface area contributed by atoms with Crippen molar-refractivity contribution in [2.24, 2.45) is 0 Å². The van der Waals surface area contributed by atoms with Crippen LogP contribution in [0.4, 0.5) is 13.2 Å². The highest BCUT2D eigenvalue weighted by molar-refractivity contribution is 6.32. The summed E-state index contributed by atoms with van der Waals surface area (Å²) in [4.78, 5) is 15.5. The van der Waals surface area contributed by atoms with Gasteiger partial charge in [0.05, 0.1) is 25.8 Å². The molecule has 0 bridgehead atoms. The van der Waals surface area contributed by atoms with E-state index in [0.717, 1.165) is 0 Å². The van der Waals surface area contributed by atoms with Gasteiger partial charge in [-0.25, -0.2) is 0 Å². The van der Waals surface area contributed by atoms with Gasteiger partial charge in [-0.1, -0.05) is 11.6 Å². The summed E-state index contributed by atoms with van der Waals surface area (Å²) in [7, 11) is 2.87. The van der Waals surface area contributed by atoms with Crippen molar-refractivity contribution >= 4 is 17.5 Å². The van der Waals surface area contributed by atoms with Gasteiger partial charge in [-0.15, -0.1) is 0 Å². The van der Waals surface area contributed by atoms with Crippen LogP contribution in [0.3, 0.4) is 0 Å². The highest BCUT2D eigenvalue weighted by Gasteiger charge is 2.32. The third-order valence-electron chi connectivity index (χ3n) is 3.96. The zero-order valence-corrected chi connectivity index (χ0v) is 14.8. The van der Waals surface area contributed by atoms with E-state index in [2.05, 4.69) is 0 Å². The Morgan fingerprint density at radius 1 is 1.16 bits per heavy atom. The summed E-state index contributed by atoms with van der Waals surface area (Å²) >= 11 is 6.12. The van der Waals surface area contributed by atoms with E-state index in [1.54, 1.807) is 0 Å². The summed E-state index contributed by atoms with van der Waals surface area (Å²) in [6.07, 6.45) is -3.76. The van der Waals surface area contributed by atoms with Gasteiger partial charge in [-0.2, -0.15) is 13.2 Å². The molecule has 0 spiro atoms. The Hall–Kier alpha value is -1.67. The first kappa shape index (κ1) is 19.7. The Morgan fingerprint density at radius 3 is 2.48 bits per heavy atom. The summed E-state index contributed by atoms with van der Waals surface area (Å²) in [5, 5.41) is 0.235. The molecule has 0 atom stereocenters. The average Bonchev–Trinajstić information content (AvgIpc) is 2.77. The molecule has 2 rings (SSSR count). The van der Waals surface area contributed by atoms with Gasteiger partial charge in [0.25, 0.3) is 5.91 Å². The molecular formula is C16H20ClF3N2O3. The van der Waals surface area contributed by atoms with Crippen molar-refractivity contribution < 1.29 is 27.4 Å². The fourth-order valence-electron chi connectivity index (χ4n) is 2.81. The lowest BCUT2D eigenvalue weighted by atomic mass is 10.1. The van der Waals surface area contributed by atoms with E-state index >= 15 is 0 Å². The van der Waals surface area contributed by atoms with E-state index < -0.39 is 12.7 Å². The Kier molecular flexibility index (Phi) is 6.40. The first-order chi connectivity index (χ1) is 11.7. The van der Waals surface area contributed by atoms with Gasteiger partial charge in [0, 0.05) is 31.7 Å². The quantitative estimate of drug-likeness (QED) is 0.805. The number of benzene rings is 1. The predicted molar refractivity (Wildman–Crippen MR) is 87.6 cm³/mol. The van der Waals surface area contributed by atoms with E-state index in [9.17, 15) is 18.0 Å². The molecule has 0 saturated carbocycles. The molecule has 1 fully saturated rings. The van der Waals surface area contributed by atoms with E-state index in [0.29, 0.717) is 36.6 Å². The van der Waals surface area contributed by atoms with Crippen LogP contribution in [0.15, 0.2) is 12.1 Å². The van der Waals surface area contributed by atoms with Crippen LogP contribution in [0.5, 0.6) is 11.5 Å². The SMILES string of the molecule is COc1cc(C(=O)N2CCCN(CC(F)(F)F)CC2)cc(Cl)c1OC. The molecule has 25 heavy (non-hydrogen) atoms. The smallest absolute Gasteiger partial charge is 0.401 e. The van der Waals surface area contributed by atoms with Gasteiger partial charge in [-0.05, 0) is 18.6 Å². The summed E-state index contributed by atoms with van der Waals surface area (Å²) < 4.78 is 47.9. The topological polar surface area (TPSA) is 42.0 Å². The monoisotopic (exact) mass is 380 g/mol. The van der Waals surface area contributed by atoms with Gasteiger partial charge in [0.2, 0.25) is 0 Å². The molecule has 1 amide bonds. The molecular weight excluding hydrogens is 361 g/mol. The number of hydrogen-bond acceptors (Lipinski definition) is 4. The van der Waals surface area contributed by atoms with Gasteiger partial charge < -0.3 is 14.4 Å². The molecule has 9 heteroatoms. The Morgan fingerprint density at radius 2 is 1.88 bits per heavy atom. The maximum absolute atomic E-state index is 12.7. The van der Waals surface area contributed by atoms with Crippen LogP contribution >= 0.6 is 11.6 Å². The lowest BCUT2D eigenvalue weighted by Gasteiger charge is -2.23. The molecule has 0 aliphatic carbocycles. The minimum absolute atomic E-state index is 0.173. The molecule has 1 heterocycles. The van der Waals surface area contributed by atoms with Crippen LogP contribution in [-0.4, -0.2) is 68.8 Å². The van der Waals surface area contributed by atoms with Crippen LogP contribution in [-0.2, 0) is 0 Å². The molecule has 1 aromatic rings. The summed E-state index contributed by atoms with van der Waals surface area (Å²) in [5.41, 5.74) is 0.312. The fourth-order valence-corrected chi connectivity index (χ4v) is 3.10. The summed E-state index contributed by atoms with van der Waals surface area (Å²) in [6, 6.07) is 3.00. The second-order valence-corrected chi connectivity index (χ2v) is 6.14. The van der Waals surface area contributed by atoms with E-state index in [-0.39, 0.29) is 24.0 Å². The number of carbonyl (C=O) groups is 1. The lowest BCUT2D eigenvalue weighted by Crippen LogP contribution is -2.38. The minimum atomic E-state index is -4.24. The highest BCUT2D eigenvalue weighted by atomic mass is 35.5. The van der Waals surface area contributed by atoms with Crippen molar-refractivity contribution in [1.82, 2.24) is 9.80 Å². The van der Waals surface area contributed by atoms with Gasteiger partial charge >= 0.3 is 6.18 Å². The number of ether oxygens (including phenoxy) is 2. The number of halogens is 4. The second-order valence-electron chi connectivity index (χ2n) is 5.73. The van der Waals surface area contributed by atoms with Crippen LogP contribution in [0.1, 0.15) is 16.8 Å². The van der Waals surface area contributed by atoms with Crippen molar-refractivity contribution in [1.29, 1.82) is 0 Å². The van der Waals surface area contributed by atoms with Crippen LogP contribution in [0.25, 0.3) is 0 Å². The van der Waals surface area contributed by atoms with E-state index in [1.165, 1.54) is 36.2 Å². The highest BCUT2D eigenvalue weighted by Crippen LogP contribution is 2.36. The van der Waals surface area contributed by atoms with Gasteiger partial charge in [-0.3, -0.25) is 9.69 Å². The Labute approximate surface area is 149 Å². The average molecular weight is 381 g/mol. The summed E-state index contributed by atoms with van der Waals surface area (Å²) in [6.45, 7) is 0.125. The largest absolute Gasteiger partial charge is 0.493 e. The molecule has 1 aromatic carbocycles. The molecule has 140 valence electrons. The molecule has 5 nitrogen and oxygen atoms in total. The van der Waals surface area contributed by atoms with Gasteiger partial charge in [0.1, 0.15) is 0 Å². The van der Waals surface area contributed by atoms with Crippen molar-refractivity contribution in [3.8, 4) is 11.5 Å². The van der Waals surface area contributed by atoms with Gasteiger partial charge in [0.15, 0.2) is 11.5 Å².